The van der Waals surface area contributed by atoms with Crippen molar-refractivity contribution in [2.45, 2.75) is 13.3 Å². The first-order valence-corrected chi connectivity index (χ1v) is 8.56. The maximum atomic E-state index is 12.1. The zero-order valence-corrected chi connectivity index (χ0v) is 15.3. The lowest BCUT2D eigenvalue weighted by atomic mass is 10.2. The van der Waals surface area contributed by atoms with E-state index < -0.39 is 10.8 Å². The van der Waals surface area contributed by atoms with Gasteiger partial charge in [0.1, 0.15) is 0 Å². The number of nitrogens with zero attached hydrogens (tertiary/aromatic N) is 1. The SMILES string of the molecule is CCCNC(=O)c1ccc(NC(=S)NC(=O)c2cccc([N+](=O)[O-])c2)cc1. The number of hydrogen-bond donors (Lipinski definition) is 3. The number of nitrogens with one attached hydrogen (secondary N) is 3. The van der Waals surface area contributed by atoms with Gasteiger partial charge in [-0.25, -0.2) is 0 Å². The van der Waals surface area contributed by atoms with Gasteiger partial charge in [0.15, 0.2) is 5.11 Å². The Morgan fingerprint density at radius 3 is 2.41 bits per heavy atom. The third kappa shape index (κ3) is 5.86. The minimum atomic E-state index is -0.578. The molecule has 0 unspecified atom stereocenters. The van der Waals surface area contributed by atoms with E-state index in [1.54, 1.807) is 24.3 Å². The predicted octanol–water partition coefficient (Wildman–Crippen LogP) is 2.86. The number of nitro benzene ring substituents is 1. The molecule has 0 saturated carbocycles. The largest absolute Gasteiger partial charge is 0.352 e. The summed E-state index contributed by atoms with van der Waals surface area (Å²) >= 11 is 5.08. The summed E-state index contributed by atoms with van der Waals surface area (Å²) in [5.41, 5.74) is 1.04. The van der Waals surface area contributed by atoms with Gasteiger partial charge in [0.25, 0.3) is 17.5 Å². The molecule has 0 heterocycles. The molecule has 2 amide bonds. The zero-order chi connectivity index (χ0) is 19.8. The molecule has 0 aliphatic carbocycles. The second kappa shape index (κ2) is 9.39. The molecule has 2 aromatic rings. The van der Waals surface area contributed by atoms with E-state index in [0.717, 1.165) is 6.42 Å². The van der Waals surface area contributed by atoms with Crippen LogP contribution in [0.15, 0.2) is 48.5 Å². The van der Waals surface area contributed by atoms with Gasteiger partial charge in [0.2, 0.25) is 0 Å². The van der Waals surface area contributed by atoms with E-state index >= 15 is 0 Å². The van der Waals surface area contributed by atoms with Crippen LogP contribution in [0.2, 0.25) is 0 Å². The molecule has 0 aliphatic heterocycles. The molecule has 27 heavy (non-hydrogen) atoms. The van der Waals surface area contributed by atoms with Crippen molar-refractivity contribution in [3.8, 4) is 0 Å². The predicted molar refractivity (Wildman–Crippen MR) is 106 cm³/mol. The zero-order valence-electron chi connectivity index (χ0n) is 14.5. The van der Waals surface area contributed by atoms with E-state index in [0.29, 0.717) is 17.8 Å². The first-order valence-electron chi connectivity index (χ1n) is 8.15. The highest BCUT2D eigenvalue weighted by molar-refractivity contribution is 7.80. The molecule has 0 aliphatic rings. The number of nitro groups is 1. The summed E-state index contributed by atoms with van der Waals surface area (Å²) in [4.78, 5) is 34.2. The van der Waals surface area contributed by atoms with Crippen LogP contribution in [0, 0.1) is 10.1 Å². The number of benzene rings is 2. The monoisotopic (exact) mass is 386 g/mol. The van der Waals surface area contributed by atoms with Crippen molar-refractivity contribution in [3.05, 3.63) is 69.8 Å². The quantitative estimate of drug-likeness (QED) is 0.400. The van der Waals surface area contributed by atoms with Crippen molar-refractivity contribution >= 4 is 40.5 Å². The first-order chi connectivity index (χ1) is 12.9. The number of amides is 2. The third-order valence-electron chi connectivity index (χ3n) is 3.49. The van der Waals surface area contributed by atoms with Crippen LogP contribution in [-0.2, 0) is 0 Å². The molecule has 0 bridgehead atoms. The highest BCUT2D eigenvalue weighted by atomic mass is 32.1. The number of thiocarbonyl (C=S) groups is 1. The molecular weight excluding hydrogens is 368 g/mol. The number of anilines is 1. The van der Waals surface area contributed by atoms with E-state index in [1.807, 2.05) is 6.92 Å². The van der Waals surface area contributed by atoms with Gasteiger partial charge in [0, 0.05) is 35.5 Å². The van der Waals surface area contributed by atoms with Gasteiger partial charge in [-0.15, -0.1) is 0 Å². The van der Waals surface area contributed by atoms with E-state index in [1.165, 1.54) is 24.3 Å². The lowest BCUT2D eigenvalue weighted by molar-refractivity contribution is -0.384. The van der Waals surface area contributed by atoms with Crippen LogP contribution in [0.5, 0.6) is 0 Å². The molecule has 0 atom stereocenters. The number of non-ortho nitro benzene ring substituents is 1. The van der Waals surface area contributed by atoms with Gasteiger partial charge < -0.3 is 10.6 Å². The van der Waals surface area contributed by atoms with Crippen molar-refractivity contribution in [1.82, 2.24) is 10.6 Å². The molecule has 0 spiro atoms. The summed E-state index contributed by atoms with van der Waals surface area (Å²) < 4.78 is 0. The van der Waals surface area contributed by atoms with Crippen molar-refractivity contribution < 1.29 is 14.5 Å². The molecule has 8 nitrogen and oxygen atoms in total. The summed E-state index contributed by atoms with van der Waals surface area (Å²) in [5.74, 6) is -0.725. The number of hydrogen-bond acceptors (Lipinski definition) is 5. The first kappa shape index (κ1) is 20.0. The van der Waals surface area contributed by atoms with Crippen LogP contribution >= 0.6 is 12.2 Å². The Kier molecular flexibility index (Phi) is 6.95. The van der Waals surface area contributed by atoms with Crippen LogP contribution in [0.25, 0.3) is 0 Å². The van der Waals surface area contributed by atoms with Crippen molar-refractivity contribution in [2.75, 3.05) is 11.9 Å². The van der Waals surface area contributed by atoms with E-state index in [2.05, 4.69) is 16.0 Å². The Morgan fingerprint density at radius 1 is 1.07 bits per heavy atom. The number of carbonyl (C=O) groups excluding carboxylic acids is 2. The molecule has 3 N–H and O–H groups in total. The maximum absolute atomic E-state index is 12.1. The highest BCUT2D eigenvalue weighted by Gasteiger charge is 2.13. The lowest BCUT2D eigenvalue weighted by Gasteiger charge is -2.10. The van der Waals surface area contributed by atoms with Crippen LogP contribution in [0.3, 0.4) is 0 Å². The van der Waals surface area contributed by atoms with Gasteiger partial charge >= 0.3 is 0 Å². The average Bonchev–Trinajstić information content (AvgIpc) is 2.66. The second-order valence-corrected chi connectivity index (χ2v) is 5.96. The fourth-order valence-corrected chi connectivity index (χ4v) is 2.35. The molecular formula is C18H18N4O4S. The summed E-state index contributed by atoms with van der Waals surface area (Å²) in [6.07, 6.45) is 0.851. The second-order valence-electron chi connectivity index (χ2n) is 5.55. The molecule has 0 radical (unpaired) electrons. The van der Waals surface area contributed by atoms with E-state index in [-0.39, 0.29) is 22.3 Å². The van der Waals surface area contributed by atoms with Gasteiger partial charge in [-0.1, -0.05) is 13.0 Å². The van der Waals surface area contributed by atoms with Crippen LogP contribution in [0.1, 0.15) is 34.1 Å². The lowest BCUT2D eigenvalue weighted by Crippen LogP contribution is -2.34. The van der Waals surface area contributed by atoms with Gasteiger partial charge in [-0.3, -0.25) is 25.0 Å². The summed E-state index contributed by atoms with van der Waals surface area (Å²) in [6.45, 7) is 2.57. The third-order valence-corrected chi connectivity index (χ3v) is 3.69. The Bertz CT molecular complexity index is 868. The molecule has 0 saturated heterocycles. The number of carbonyl (C=O) groups is 2. The topological polar surface area (TPSA) is 113 Å². The van der Waals surface area contributed by atoms with Crippen molar-refractivity contribution in [1.29, 1.82) is 0 Å². The molecule has 140 valence electrons. The average molecular weight is 386 g/mol. The van der Waals surface area contributed by atoms with Gasteiger partial charge in [-0.05, 0) is 49.0 Å². The summed E-state index contributed by atoms with van der Waals surface area (Å²) in [5, 5.41) is 18.9. The summed E-state index contributed by atoms with van der Waals surface area (Å²) in [7, 11) is 0. The molecule has 2 rings (SSSR count). The molecule has 0 fully saturated rings. The smallest absolute Gasteiger partial charge is 0.270 e. The normalized spacial score (nSPS) is 9.96. The minimum Gasteiger partial charge on any atom is -0.352 e. The highest BCUT2D eigenvalue weighted by Crippen LogP contribution is 2.13. The van der Waals surface area contributed by atoms with Crippen LogP contribution in [-0.4, -0.2) is 28.4 Å². The van der Waals surface area contributed by atoms with Crippen LogP contribution in [0.4, 0.5) is 11.4 Å². The van der Waals surface area contributed by atoms with Crippen molar-refractivity contribution in [3.63, 3.8) is 0 Å². The maximum Gasteiger partial charge on any atom is 0.270 e. The Hall–Kier alpha value is -3.33. The Balaban J connectivity index is 1.95. The van der Waals surface area contributed by atoms with E-state index in [4.69, 9.17) is 12.2 Å². The van der Waals surface area contributed by atoms with Gasteiger partial charge in [0.05, 0.1) is 4.92 Å². The fourth-order valence-electron chi connectivity index (χ4n) is 2.14. The molecule has 0 aromatic heterocycles. The van der Waals surface area contributed by atoms with Crippen molar-refractivity contribution in [2.24, 2.45) is 0 Å². The summed E-state index contributed by atoms with van der Waals surface area (Å²) in [6, 6.07) is 11.9. The van der Waals surface area contributed by atoms with Gasteiger partial charge in [-0.2, -0.15) is 0 Å². The van der Waals surface area contributed by atoms with E-state index in [9.17, 15) is 19.7 Å². The molecule has 2 aromatic carbocycles. The fraction of sp³-hybridized carbons (Fsp3) is 0.167. The standard InChI is InChI=1S/C18H18N4O4S/c1-2-10-19-16(23)12-6-8-14(9-7-12)20-18(27)21-17(24)13-4-3-5-15(11-13)22(25)26/h3-9,11H,2,10H2,1H3,(H,19,23)(H2,20,21,24,27). The minimum absolute atomic E-state index is 0.0368. The Morgan fingerprint density at radius 2 is 1.78 bits per heavy atom. The Labute approximate surface area is 161 Å². The molecule has 9 heteroatoms. The van der Waals surface area contributed by atoms with Crippen LogP contribution < -0.4 is 16.0 Å². The number of rotatable bonds is 6.